The fourth-order valence-electron chi connectivity index (χ4n) is 3.86. The fraction of sp³-hybridized carbons (Fsp3) is 0.259. The minimum Gasteiger partial charge on any atom is -0.494 e. The second-order valence-corrected chi connectivity index (χ2v) is 11.6. The van der Waals surface area contributed by atoms with E-state index in [9.17, 15) is 18.0 Å². The third-order valence-electron chi connectivity index (χ3n) is 5.73. The number of nitrogens with zero attached hydrogens (tertiary/aromatic N) is 3. The van der Waals surface area contributed by atoms with Crippen molar-refractivity contribution in [2.45, 2.75) is 26.2 Å². The number of aryl methyl sites for hydroxylation is 1. The predicted molar refractivity (Wildman–Crippen MR) is 151 cm³/mol. The van der Waals surface area contributed by atoms with Gasteiger partial charge in [-0.05, 0) is 35.2 Å². The average molecular weight is 570 g/mol. The summed E-state index contributed by atoms with van der Waals surface area (Å²) < 4.78 is 37.6. The lowest BCUT2D eigenvalue weighted by Gasteiger charge is -2.23. The predicted octanol–water partition coefficient (Wildman–Crippen LogP) is 3.92. The Morgan fingerprint density at radius 3 is 2.35 bits per heavy atom. The Kier molecular flexibility index (Phi) is 8.68. The minimum absolute atomic E-state index is 0.121. The van der Waals surface area contributed by atoms with Crippen LogP contribution in [-0.2, 0) is 22.5 Å². The lowest BCUT2D eigenvalue weighted by atomic mass is 9.85. The highest BCUT2D eigenvalue weighted by Gasteiger charge is 2.23. The number of carbonyl (C=O) groups excluding carboxylic acids is 1. The van der Waals surface area contributed by atoms with E-state index in [2.05, 4.69) is 14.7 Å². The molecular formula is C27H31N5O7S. The first kappa shape index (κ1) is 29.9. The van der Waals surface area contributed by atoms with Crippen molar-refractivity contribution in [3.05, 3.63) is 71.8 Å². The Morgan fingerprint density at radius 2 is 1.82 bits per heavy atom. The van der Waals surface area contributed by atoms with Crippen molar-refractivity contribution >= 4 is 38.5 Å². The highest BCUT2D eigenvalue weighted by Crippen LogP contribution is 2.35. The Bertz CT molecular complexity index is 1660. The summed E-state index contributed by atoms with van der Waals surface area (Å²) in [6.45, 7) is 5.84. The third kappa shape index (κ3) is 7.05. The number of ether oxygens (including phenoxy) is 2. The molecule has 0 bridgehead atoms. The molecule has 12 nitrogen and oxygen atoms in total. The smallest absolute Gasteiger partial charge is 0.352 e. The molecule has 4 aromatic rings. The van der Waals surface area contributed by atoms with E-state index in [0.29, 0.717) is 17.1 Å². The van der Waals surface area contributed by atoms with Crippen LogP contribution in [0.5, 0.6) is 17.4 Å². The minimum atomic E-state index is -3.50. The summed E-state index contributed by atoms with van der Waals surface area (Å²) in [5.74, 6) is -0.570. The number of carboxylic acids is 1. The Hall–Kier alpha value is -4.65. The van der Waals surface area contributed by atoms with E-state index in [1.165, 1.54) is 13.4 Å². The van der Waals surface area contributed by atoms with E-state index >= 15 is 0 Å². The zero-order valence-electron chi connectivity index (χ0n) is 22.9. The summed E-state index contributed by atoms with van der Waals surface area (Å²) in [4.78, 5) is 30.5. The summed E-state index contributed by atoms with van der Waals surface area (Å²) >= 11 is 0. The number of nitrogens with one attached hydrogen (secondary N) is 1. The van der Waals surface area contributed by atoms with Crippen molar-refractivity contribution in [2.24, 2.45) is 12.8 Å². The Morgan fingerprint density at radius 1 is 1.12 bits per heavy atom. The van der Waals surface area contributed by atoms with Crippen LogP contribution in [0.3, 0.4) is 0 Å². The number of anilines is 1. The number of carboxylic acid groups (broad SMARTS) is 1. The maximum absolute atomic E-state index is 11.5. The number of amides is 1. The molecule has 13 heteroatoms. The van der Waals surface area contributed by atoms with Gasteiger partial charge in [-0.3, -0.25) is 9.52 Å². The molecular weight excluding hydrogens is 538 g/mol. The third-order valence-corrected chi connectivity index (χ3v) is 6.32. The molecule has 0 aliphatic heterocycles. The molecule has 0 aliphatic rings. The van der Waals surface area contributed by atoms with E-state index < -0.39 is 21.9 Å². The van der Waals surface area contributed by atoms with Crippen LogP contribution in [0, 0.1) is 0 Å². The molecule has 1 amide bonds. The molecule has 2 heterocycles. The molecule has 0 spiro atoms. The SMILES string of the molecule is COc1c(NS(C)(=O)=O)cc(C(C)(C)C)cc1C(N)=O.Cn1c(C(=O)O)cc2cccc(Oc3ccncn3)c21. The lowest BCUT2D eigenvalue weighted by molar-refractivity contribution is 0.0686. The van der Waals surface area contributed by atoms with Gasteiger partial charge in [0, 0.05) is 24.7 Å². The van der Waals surface area contributed by atoms with Crippen molar-refractivity contribution in [2.75, 3.05) is 18.1 Å². The monoisotopic (exact) mass is 569 g/mol. The van der Waals surface area contributed by atoms with Crippen LogP contribution in [-0.4, -0.2) is 53.3 Å². The molecule has 0 atom stereocenters. The van der Waals surface area contributed by atoms with Crippen molar-refractivity contribution in [3.8, 4) is 17.4 Å². The number of para-hydroxylation sites is 1. The van der Waals surface area contributed by atoms with Gasteiger partial charge in [0.2, 0.25) is 15.9 Å². The van der Waals surface area contributed by atoms with E-state index in [4.69, 9.17) is 20.3 Å². The molecule has 0 radical (unpaired) electrons. The molecule has 2 aromatic carbocycles. The number of fused-ring (bicyclic) bond motifs is 1. The highest BCUT2D eigenvalue weighted by atomic mass is 32.2. The van der Waals surface area contributed by atoms with Crippen molar-refractivity contribution < 1.29 is 32.6 Å². The first-order chi connectivity index (χ1) is 18.6. The topological polar surface area (TPSA) is 176 Å². The van der Waals surface area contributed by atoms with Gasteiger partial charge in [0.05, 0.1) is 30.1 Å². The molecule has 0 saturated carbocycles. The number of primary amides is 1. The Balaban J connectivity index is 0.000000220. The molecule has 0 fully saturated rings. The standard InChI is InChI=1S/C14H11N3O3.C13H20N2O4S/c1-17-10(14(18)19)7-9-3-2-4-11(13(9)17)20-12-5-6-15-8-16-12;1-13(2,3)8-6-9(12(14)16)11(19-4)10(7-8)15-20(5,17)18/h2-8H,1H3,(H,18,19);6-7,15H,1-5H3,(H2,14,16). The van der Waals surface area contributed by atoms with Crippen molar-refractivity contribution in [1.29, 1.82) is 0 Å². The number of hydrogen-bond donors (Lipinski definition) is 3. The van der Waals surface area contributed by atoms with Gasteiger partial charge >= 0.3 is 5.97 Å². The number of aromatic carboxylic acids is 1. The van der Waals surface area contributed by atoms with E-state index in [1.54, 1.807) is 48.1 Å². The molecule has 4 rings (SSSR count). The number of sulfonamides is 1. The molecule has 40 heavy (non-hydrogen) atoms. The molecule has 212 valence electrons. The van der Waals surface area contributed by atoms with Gasteiger partial charge in [0.15, 0.2) is 11.5 Å². The largest absolute Gasteiger partial charge is 0.494 e. The second-order valence-electron chi connectivity index (χ2n) is 9.83. The number of carbonyl (C=O) groups is 2. The van der Waals surface area contributed by atoms with Gasteiger partial charge in [0.1, 0.15) is 12.0 Å². The number of benzene rings is 2. The second kappa shape index (κ2) is 11.6. The zero-order chi connectivity index (χ0) is 29.8. The average Bonchev–Trinajstić information content (AvgIpc) is 3.20. The van der Waals surface area contributed by atoms with E-state index in [0.717, 1.165) is 17.2 Å². The van der Waals surface area contributed by atoms with Gasteiger partial charge in [-0.25, -0.2) is 23.2 Å². The molecule has 0 unspecified atom stereocenters. The van der Waals surface area contributed by atoms with Crippen LogP contribution in [0.2, 0.25) is 0 Å². The van der Waals surface area contributed by atoms with Crippen molar-refractivity contribution in [3.63, 3.8) is 0 Å². The van der Waals surface area contributed by atoms with Crippen LogP contribution >= 0.6 is 0 Å². The van der Waals surface area contributed by atoms with Gasteiger partial charge in [-0.2, -0.15) is 0 Å². The summed E-state index contributed by atoms with van der Waals surface area (Å²) in [5, 5.41) is 9.97. The summed E-state index contributed by atoms with van der Waals surface area (Å²) in [6, 6.07) is 11.9. The van der Waals surface area contributed by atoms with Crippen molar-refractivity contribution in [1.82, 2.24) is 14.5 Å². The molecule has 4 N–H and O–H groups in total. The highest BCUT2D eigenvalue weighted by molar-refractivity contribution is 7.92. The lowest BCUT2D eigenvalue weighted by Crippen LogP contribution is -2.19. The van der Waals surface area contributed by atoms with Gasteiger partial charge in [-0.1, -0.05) is 32.9 Å². The zero-order valence-corrected chi connectivity index (χ0v) is 23.7. The van der Waals surface area contributed by atoms with E-state index in [1.807, 2.05) is 32.9 Å². The molecule has 0 aliphatic carbocycles. The van der Waals surface area contributed by atoms with Crippen LogP contribution in [0.1, 0.15) is 47.2 Å². The number of aromatic nitrogens is 3. The number of nitrogens with two attached hydrogens (primary N) is 1. The maximum atomic E-state index is 11.5. The maximum Gasteiger partial charge on any atom is 0.352 e. The van der Waals surface area contributed by atoms with Crippen LogP contribution in [0.4, 0.5) is 5.69 Å². The van der Waals surface area contributed by atoms with Crippen LogP contribution < -0.4 is 19.9 Å². The van der Waals surface area contributed by atoms with Gasteiger partial charge < -0.3 is 24.9 Å². The van der Waals surface area contributed by atoms with Crippen LogP contribution in [0.25, 0.3) is 10.9 Å². The summed E-state index contributed by atoms with van der Waals surface area (Å²) in [5.41, 5.74) is 7.11. The number of methoxy groups -OCH3 is 1. The first-order valence-corrected chi connectivity index (χ1v) is 13.8. The van der Waals surface area contributed by atoms with Crippen LogP contribution in [0.15, 0.2) is 55.0 Å². The van der Waals surface area contributed by atoms with Gasteiger partial charge in [0.25, 0.3) is 5.91 Å². The van der Waals surface area contributed by atoms with Gasteiger partial charge in [-0.15, -0.1) is 0 Å². The number of hydrogen-bond acceptors (Lipinski definition) is 8. The summed E-state index contributed by atoms with van der Waals surface area (Å²) in [6.07, 6.45) is 4.00. The molecule has 0 saturated heterocycles. The summed E-state index contributed by atoms with van der Waals surface area (Å²) in [7, 11) is -0.450. The Labute approximate surface area is 231 Å². The first-order valence-electron chi connectivity index (χ1n) is 11.9. The fourth-order valence-corrected chi connectivity index (χ4v) is 4.41. The normalized spacial score (nSPS) is 11.3. The molecule has 2 aromatic heterocycles. The quantitative estimate of drug-likeness (QED) is 0.298. The number of rotatable bonds is 7. The van der Waals surface area contributed by atoms with E-state index in [-0.39, 0.29) is 28.1 Å².